The van der Waals surface area contributed by atoms with Crippen LogP contribution < -0.4 is 0 Å². The molecule has 1 aliphatic rings. The number of amides is 1. The Morgan fingerprint density at radius 2 is 2.29 bits per heavy atom. The van der Waals surface area contributed by atoms with Gasteiger partial charge in [0.15, 0.2) is 0 Å². The molecule has 17 heavy (non-hydrogen) atoms. The van der Waals surface area contributed by atoms with Crippen LogP contribution in [0, 0.1) is 0 Å². The van der Waals surface area contributed by atoms with Gasteiger partial charge in [-0.05, 0) is 36.6 Å². The molecule has 1 saturated heterocycles. The molecule has 0 N–H and O–H groups in total. The Morgan fingerprint density at radius 3 is 2.88 bits per heavy atom. The van der Waals surface area contributed by atoms with Crippen LogP contribution in [0.15, 0.2) is 30.2 Å². The largest absolute Gasteiger partial charge is 0.343 e. The molecule has 0 bridgehead atoms. The molecule has 2 rings (SSSR count). The Balaban J connectivity index is 1.81. The van der Waals surface area contributed by atoms with Crippen molar-refractivity contribution in [3.05, 3.63) is 35.0 Å². The average molecular weight is 249 g/mol. The first-order chi connectivity index (χ1) is 8.31. The molecule has 2 nitrogen and oxygen atoms in total. The average Bonchev–Trinajstić information content (AvgIpc) is 2.90. The van der Waals surface area contributed by atoms with E-state index in [0.29, 0.717) is 12.3 Å². The maximum atomic E-state index is 11.8. The van der Waals surface area contributed by atoms with Crippen LogP contribution in [0.5, 0.6) is 0 Å². The molecule has 1 aromatic heterocycles. The first-order valence-corrected chi connectivity index (χ1v) is 7.11. The lowest BCUT2D eigenvalue weighted by Gasteiger charge is -2.31. The van der Waals surface area contributed by atoms with Gasteiger partial charge in [-0.3, -0.25) is 4.79 Å². The van der Waals surface area contributed by atoms with Crippen LogP contribution in [0.25, 0.3) is 0 Å². The Hall–Kier alpha value is -1.09. The van der Waals surface area contributed by atoms with Crippen LogP contribution in [-0.4, -0.2) is 23.9 Å². The fraction of sp³-hybridized carbons (Fsp3) is 0.500. The number of piperidine rings is 1. The predicted molar refractivity (Wildman–Crippen MR) is 72.3 cm³/mol. The topological polar surface area (TPSA) is 20.3 Å². The van der Waals surface area contributed by atoms with Crippen molar-refractivity contribution < 1.29 is 4.79 Å². The molecule has 0 unspecified atom stereocenters. The Kier molecular flexibility index (Phi) is 4.37. The second-order valence-corrected chi connectivity index (χ2v) is 5.48. The molecular weight excluding hydrogens is 230 g/mol. The number of hydrogen-bond acceptors (Lipinski definition) is 2. The number of carbonyl (C=O) groups is 1. The maximum Gasteiger partial charge on any atom is 0.222 e. The van der Waals surface area contributed by atoms with Gasteiger partial charge in [-0.1, -0.05) is 12.1 Å². The van der Waals surface area contributed by atoms with Crippen LogP contribution in [0.3, 0.4) is 0 Å². The minimum atomic E-state index is 0.287. The molecule has 0 aromatic carbocycles. The highest BCUT2D eigenvalue weighted by Gasteiger charge is 2.23. The molecule has 3 heteroatoms. The molecule has 0 aliphatic carbocycles. The first-order valence-electron chi connectivity index (χ1n) is 6.23. The third-order valence-corrected chi connectivity index (χ3v) is 4.39. The third-order valence-electron chi connectivity index (χ3n) is 3.36. The maximum absolute atomic E-state index is 11.8. The molecule has 0 atom stereocenters. The summed E-state index contributed by atoms with van der Waals surface area (Å²) in [6, 6.07) is 4.33. The highest BCUT2D eigenvalue weighted by Crippen LogP contribution is 2.31. The molecule has 92 valence electrons. The van der Waals surface area contributed by atoms with Crippen molar-refractivity contribution >= 4 is 17.2 Å². The summed E-state index contributed by atoms with van der Waals surface area (Å²) in [5, 5.41) is 2.14. The SMILES string of the molecule is C=CCCC(=O)N1CCC(c2cccs2)CC1. The van der Waals surface area contributed by atoms with Crippen LogP contribution in [0.4, 0.5) is 0 Å². The molecule has 1 aromatic rings. The van der Waals surface area contributed by atoms with E-state index in [2.05, 4.69) is 24.1 Å². The lowest BCUT2D eigenvalue weighted by Crippen LogP contribution is -2.37. The smallest absolute Gasteiger partial charge is 0.222 e. The van der Waals surface area contributed by atoms with E-state index in [1.54, 1.807) is 0 Å². The van der Waals surface area contributed by atoms with Crippen molar-refractivity contribution in [1.82, 2.24) is 4.90 Å². The van der Waals surface area contributed by atoms with E-state index in [0.717, 1.165) is 32.4 Å². The number of likely N-dealkylation sites (tertiary alicyclic amines) is 1. The van der Waals surface area contributed by atoms with E-state index in [9.17, 15) is 4.79 Å². The number of thiophene rings is 1. The summed E-state index contributed by atoms with van der Waals surface area (Å²) in [5.74, 6) is 0.952. The van der Waals surface area contributed by atoms with Crippen LogP contribution >= 0.6 is 11.3 Å². The van der Waals surface area contributed by atoms with Crippen molar-refractivity contribution in [1.29, 1.82) is 0 Å². The van der Waals surface area contributed by atoms with Crippen molar-refractivity contribution in [2.24, 2.45) is 0 Å². The Morgan fingerprint density at radius 1 is 1.53 bits per heavy atom. The predicted octanol–water partition coefficient (Wildman–Crippen LogP) is 3.42. The van der Waals surface area contributed by atoms with Gasteiger partial charge in [-0.25, -0.2) is 0 Å². The van der Waals surface area contributed by atoms with Crippen LogP contribution in [-0.2, 0) is 4.79 Å². The van der Waals surface area contributed by atoms with E-state index in [1.165, 1.54) is 4.88 Å². The molecule has 0 spiro atoms. The molecule has 0 saturated carbocycles. The minimum absolute atomic E-state index is 0.287. The molecule has 1 fully saturated rings. The minimum Gasteiger partial charge on any atom is -0.343 e. The molecular formula is C14H19NOS. The number of rotatable bonds is 4. The summed E-state index contributed by atoms with van der Waals surface area (Å²) in [7, 11) is 0. The molecule has 1 amide bonds. The van der Waals surface area contributed by atoms with E-state index in [1.807, 2.05) is 22.3 Å². The number of carbonyl (C=O) groups excluding carboxylic acids is 1. The standard InChI is InChI=1S/C14H19NOS/c1-2-3-6-14(16)15-9-7-12(8-10-15)13-5-4-11-17-13/h2,4-5,11-12H,1,3,6-10H2. The lowest BCUT2D eigenvalue weighted by atomic mass is 9.95. The highest BCUT2D eigenvalue weighted by atomic mass is 32.1. The Bertz CT molecular complexity index is 364. The van der Waals surface area contributed by atoms with Crippen molar-refractivity contribution in [2.75, 3.05) is 13.1 Å². The molecule has 0 radical (unpaired) electrons. The van der Waals surface area contributed by atoms with E-state index in [4.69, 9.17) is 0 Å². The summed E-state index contributed by atoms with van der Waals surface area (Å²) in [6.45, 7) is 5.48. The van der Waals surface area contributed by atoms with Gasteiger partial charge in [0.05, 0.1) is 0 Å². The summed E-state index contributed by atoms with van der Waals surface area (Å²) < 4.78 is 0. The van der Waals surface area contributed by atoms with Gasteiger partial charge in [0, 0.05) is 24.4 Å². The van der Waals surface area contributed by atoms with E-state index in [-0.39, 0.29) is 5.91 Å². The second-order valence-electron chi connectivity index (χ2n) is 4.50. The van der Waals surface area contributed by atoms with Crippen molar-refractivity contribution in [3.8, 4) is 0 Å². The van der Waals surface area contributed by atoms with Crippen LogP contribution in [0.2, 0.25) is 0 Å². The monoisotopic (exact) mass is 249 g/mol. The van der Waals surface area contributed by atoms with Gasteiger partial charge < -0.3 is 4.90 Å². The second kappa shape index (κ2) is 6.01. The van der Waals surface area contributed by atoms with Gasteiger partial charge in [0.25, 0.3) is 0 Å². The molecule has 1 aliphatic heterocycles. The first kappa shape index (κ1) is 12.4. The van der Waals surface area contributed by atoms with Gasteiger partial charge in [-0.15, -0.1) is 17.9 Å². The normalized spacial score (nSPS) is 17.1. The van der Waals surface area contributed by atoms with Gasteiger partial charge in [0.1, 0.15) is 0 Å². The van der Waals surface area contributed by atoms with Crippen molar-refractivity contribution in [2.45, 2.75) is 31.6 Å². The van der Waals surface area contributed by atoms with Gasteiger partial charge in [-0.2, -0.15) is 0 Å². The van der Waals surface area contributed by atoms with E-state index >= 15 is 0 Å². The zero-order valence-corrected chi connectivity index (χ0v) is 10.9. The van der Waals surface area contributed by atoms with Crippen LogP contribution in [0.1, 0.15) is 36.5 Å². The zero-order valence-electron chi connectivity index (χ0n) is 10.1. The van der Waals surface area contributed by atoms with Crippen molar-refractivity contribution in [3.63, 3.8) is 0 Å². The zero-order chi connectivity index (χ0) is 12.1. The van der Waals surface area contributed by atoms with E-state index < -0.39 is 0 Å². The van der Waals surface area contributed by atoms with Gasteiger partial charge in [0.2, 0.25) is 5.91 Å². The summed E-state index contributed by atoms with van der Waals surface area (Å²) in [6.07, 6.45) is 5.45. The fourth-order valence-corrected chi connectivity index (χ4v) is 3.22. The number of allylic oxidation sites excluding steroid dienone is 1. The number of hydrogen-bond donors (Lipinski definition) is 0. The Labute approximate surface area is 107 Å². The summed E-state index contributed by atoms with van der Waals surface area (Å²) in [4.78, 5) is 15.3. The number of nitrogens with zero attached hydrogens (tertiary/aromatic N) is 1. The molecule has 2 heterocycles. The summed E-state index contributed by atoms with van der Waals surface area (Å²) in [5.41, 5.74) is 0. The van der Waals surface area contributed by atoms with Gasteiger partial charge >= 0.3 is 0 Å². The third kappa shape index (κ3) is 3.19. The summed E-state index contributed by atoms with van der Waals surface area (Å²) >= 11 is 1.84. The highest BCUT2D eigenvalue weighted by molar-refractivity contribution is 7.10. The fourth-order valence-electron chi connectivity index (χ4n) is 2.32. The quantitative estimate of drug-likeness (QED) is 0.749. The lowest BCUT2D eigenvalue weighted by molar-refractivity contribution is -0.132.